The van der Waals surface area contributed by atoms with Crippen molar-refractivity contribution in [3.8, 4) is 0 Å². The number of primary amides is 1. The third kappa shape index (κ3) is 3.97. The first-order chi connectivity index (χ1) is 12.5. The molecule has 0 unspecified atom stereocenters. The molecule has 138 valence electrons. The van der Waals surface area contributed by atoms with E-state index in [1.54, 1.807) is 0 Å². The lowest BCUT2D eigenvalue weighted by Gasteiger charge is -2.19. The van der Waals surface area contributed by atoms with E-state index in [0.717, 1.165) is 24.8 Å². The summed E-state index contributed by atoms with van der Waals surface area (Å²) in [5.74, 6) is -0.154. The molecule has 5 nitrogen and oxygen atoms in total. The van der Waals surface area contributed by atoms with Crippen LogP contribution >= 0.6 is 11.3 Å². The van der Waals surface area contributed by atoms with Crippen molar-refractivity contribution >= 4 is 28.2 Å². The minimum absolute atomic E-state index is 0.103. The molecule has 0 radical (unpaired) electrons. The van der Waals surface area contributed by atoms with E-state index in [4.69, 9.17) is 5.73 Å². The predicted molar refractivity (Wildman–Crippen MR) is 104 cm³/mol. The zero-order valence-electron chi connectivity index (χ0n) is 15.2. The number of hydrogen-bond acceptors (Lipinski definition) is 3. The van der Waals surface area contributed by atoms with Crippen LogP contribution in [0.25, 0.3) is 0 Å². The standard InChI is InChI=1S/C20H25N3O2S/c1-12(2)18(13-7-4-3-5-8-13)22-11-16(24)23-20-17(19(21)25)14-9-6-10-15(14)26-20/h3-5,7-8,12,18,22H,6,9-11H2,1-2H3,(H2,21,25)(H,23,24)/p+1/t18-/m1/s1. The van der Waals surface area contributed by atoms with Gasteiger partial charge in [-0.3, -0.25) is 9.59 Å². The zero-order chi connectivity index (χ0) is 18.7. The van der Waals surface area contributed by atoms with Crippen molar-refractivity contribution < 1.29 is 14.9 Å². The van der Waals surface area contributed by atoms with Crippen molar-refractivity contribution in [3.63, 3.8) is 0 Å². The SMILES string of the molecule is CC(C)[C@@H]([NH2+]CC(=O)Nc1sc2c(c1C(N)=O)CCC2)c1ccccc1. The summed E-state index contributed by atoms with van der Waals surface area (Å²) in [4.78, 5) is 25.5. The van der Waals surface area contributed by atoms with Gasteiger partial charge in [0.1, 0.15) is 11.0 Å². The topological polar surface area (TPSA) is 88.8 Å². The molecular formula is C20H26N3O2S+. The van der Waals surface area contributed by atoms with Crippen LogP contribution in [0.4, 0.5) is 5.00 Å². The van der Waals surface area contributed by atoms with Gasteiger partial charge in [-0.1, -0.05) is 44.2 Å². The smallest absolute Gasteiger partial charge is 0.280 e. The summed E-state index contributed by atoms with van der Waals surface area (Å²) in [5, 5.41) is 5.58. The number of carbonyl (C=O) groups is 2. The fraction of sp³-hybridized carbons (Fsp3) is 0.400. The van der Waals surface area contributed by atoms with Gasteiger partial charge in [-0.05, 0) is 24.8 Å². The van der Waals surface area contributed by atoms with Gasteiger partial charge in [0.05, 0.1) is 5.56 Å². The molecule has 0 bridgehead atoms. The second-order valence-corrected chi connectivity index (χ2v) is 8.20. The monoisotopic (exact) mass is 372 g/mol. The van der Waals surface area contributed by atoms with Crippen LogP contribution in [-0.2, 0) is 17.6 Å². The first kappa shape index (κ1) is 18.6. The van der Waals surface area contributed by atoms with Gasteiger partial charge in [-0.2, -0.15) is 0 Å². The maximum absolute atomic E-state index is 12.5. The predicted octanol–water partition coefficient (Wildman–Crippen LogP) is 2.23. The Hall–Kier alpha value is -2.18. The van der Waals surface area contributed by atoms with Crippen molar-refractivity contribution in [2.24, 2.45) is 11.7 Å². The third-order valence-corrected chi connectivity index (χ3v) is 6.09. The first-order valence-electron chi connectivity index (χ1n) is 9.09. The first-order valence-corrected chi connectivity index (χ1v) is 9.91. The van der Waals surface area contributed by atoms with E-state index >= 15 is 0 Å². The number of hydrogen-bond donors (Lipinski definition) is 3. The summed E-state index contributed by atoms with van der Waals surface area (Å²) >= 11 is 1.50. The lowest BCUT2D eigenvalue weighted by molar-refractivity contribution is -0.692. The van der Waals surface area contributed by atoms with Crippen molar-refractivity contribution in [3.05, 3.63) is 51.9 Å². The Kier molecular flexibility index (Phi) is 5.74. The molecule has 1 aliphatic carbocycles. The van der Waals surface area contributed by atoms with Crippen molar-refractivity contribution in [2.75, 3.05) is 11.9 Å². The quantitative estimate of drug-likeness (QED) is 0.696. The molecule has 6 heteroatoms. The maximum Gasteiger partial charge on any atom is 0.280 e. The van der Waals surface area contributed by atoms with E-state index in [-0.39, 0.29) is 11.9 Å². The molecule has 2 amide bonds. The normalized spacial score (nSPS) is 14.3. The van der Waals surface area contributed by atoms with Crippen LogP contribution < -0.4 is 16.4 Å². The summed E-state index contributed by atoms with van der Waals surface area (Å²) in [5.41, 5.74) is 8.31. The van der Waals surface area contributed by atoms with Gasteiger partial charge in [0, 0.05) is 16.4 Å². The van der Waals surface area contributed by atoms with Crippen molar-refractivity contribution in [1.82, 2.24) is 0 Å². The second-order valence-electron chi connectivity index (χ2n) is 7.09. The summed E-state index contributed by atoms with van der Waals surface area (Å²) in [6.45, 7) is 4.61. The number of quaternary nitrogens is 1. The molecule has 1 atom stereocenters. The van der Waals surface area contributed by atoms with Gasteiger partial charge < -0.3 is 16.4 Å². The minimum Gasteiger partial charge on any atom is -0.365 e. The lowest BCUT2D eigenvalue weighted by Crippen LogP contribution is -2.88. The maximum atomic E-state index is 12.5. The number of carbonyl (C=O) groups excluding carboxylic acids is 2. The van der Waals surface area contributed by atoms with Crippen LogP contribution in [0.15, 0.2) is 30.3 Å². The minimum atomic E-state index is -0.451. The van der Waals surface area contributed by atoms with Crippen LogP contribution in [0.1, 0.15) is 52.7 Å². The number of amides is 2. The average molecular weight is 373 g/mol. The molecular weight excluding hydrogens is 346 g/mol. The molecule has 26 heavy (non-hydrogen) atoms. The highest BCUT2D eigenvalue weighted by atomic mass is 32.1. The molecule has 1 aromatic carbocycles. The molecule has 3 rings (SSSR count). The molecule has 1 aromatic heterocycles. The zero-order valence-corrected chi connectivity index (χ0v) is 16.1. The van der Waals surface area contributed by atoms with E-state index in [0.29, 0.717) is 23.0 Å². The van der Waals surface area contributed by atoms with E-state index < -0.39 is 5.91 Å². The summed E-state index contributed by atoms with van der Waals surface area (Å²) in [6.07, 6.45) is 2.89. The molecule has 0 spiro atoms. The van der Waals surface area contributed by atoms with E-state index in [1.807, 2.05) is 18.2 Å². The Balaban J connectivity index is 1.67. The number of nitrogens with two attached hydrogens (primary N) is 2. The number of aryl methyl sites for hydroxylation is 1. The molecule has 2 aromatic rings. The van der Waals surface area contributed by atoms with E-state index in [1.165, 1.54) is 21.8 Å². The Morgan fingerprint density at radius 1 is 1.23 bits per heavy atom. The summed E-state index contributed by atoms with van der Waals surface area (Å²) in [7, 11) is 0. The number of anilines is 1. The Labute approximate surface area is 158 Å². The van der Waals surface area contributed by atoms with Gasteiger partial charge in [0.2, 0.25) is 0 Å². The van der Waals surface area contributed by atoms with Gasteiger partial charge in [0.25, 0.3) is 11.8 Å². The fourth-order valence-corrected chi connectivity index (χ4v) is 4.94. The van der Waals surface area contributed by atoms with Crippen molar-refractivity contribution in [1.29, 1.82) is 0 Å². The van der Waals surface area contributed by atoms with E-state index in [9.17, 15) is 9.59 Å². The molecule has 1 aliphatic rings. The van der Waals surface area contributed by atoms with Gasteiger partial charge >= 0.3 is 0 Å². The number of thiophene rings is 1. The Morgan fingerprint density at radius 2 is 1.96 bits per heavy atom. The average Bonchev–Trinajstić information content (AvgIpc) is 3.15. The fourth-order valence-electron chi connectivity index (χ4n) is 3.63. The van der Waals surface area contributed by atoms with Crippen LogP contribution in [0.3, 0.4) is 0 Å². The highest BCUT2D eigenvalue weighted by Gasteiger charge is 2.27. The molecule has 1 heterocycles. The van der Waals surface area contributed by atoms with Crippen LogP contribution in [0, 0.1) is 5.92 Å². The number of benzene rings is 1. The van der Waals surface area contributed by atoms with Gasteiger partial charge in [0.15, 0.2) is 6.54 Å². The van der Waals surface area contributed by atoms with Crippen LogP contribution in [-0.4, -0.2) is 18.4 Å². The third-order valence-electron chi connectivity index (χ3n) is 4.88. The van der Waals surface area contributed by atoms with E-state index in [2.05, 4.69) is 36.6 Å². The van der Waals surface area contributed by atoms with Gasteiger partial charge in [-0.15, -0.1) is 11.3 Å². The Morgan fingerprint density at radius 3 is 2.62 bits per heavy atom. The lowest BCUT2D eigenvalue weighted by atomic mass is 9.96. The molecule has 0 aliphatic heterocycles. The van der Waals surface area contributed by atoms with Crippen molar-refractivity contribution in [2.45, 2.75) is 39.2 Å². The number of fused-ring (bicyclic) bond motifs is 1. The van der Waals surface area contributed by atoms with Crippen LogP contribution in [0.2, 0.25) is 0 Å². The second kappa shape index (κ2) is 8.01. The number of nitrogens with one attached hydrogen (secondary N) is 1. The highest BCUT2D eigenvalue weighted by molar-refractivity contribution is 7.17. The highest BCUT2D eigenvalue weighted by Crippen LogP contribution is 2.38. The molecule has 0 saturated heterocycles. The number of rotatable bonds is 7. The largest absolute Gasteiger partial charge is 0.365 e. The molecule has 0 fully saturated rings. The molecule has 0 saturated carbocycles. The van der Waals surface area contributed by atoms with Crippen LogP contribution in [0.5, 0.6) is 0 Å². The Bertz CT molecular complexity index is 799. The molecule has 5 N–H and O–H groups in total. The van der Waals surface area contributed by atoms with Gasteiger partial charge in [-0.25, -0.2) is 0 Å². The summed E-state index contributed by atoms with van der Waals surface area (Å²) in [6, 6.07) is 10.4. The summed E-state index contributed by atoms with van der Waals surface area (Å²) < 4.78 is 0.